The molecule has 6 heteroatoms. The minimum Gasteiger partial charge on any atom is -0.484 e. The number of pyridine rings is 1. The average molecular weight is 432 g/mol. The highest BCUT2D eigenvalue weighted by Crippen LogP contribution is 2.24. The van der Waals surface area contributed by atoms with E-state index in [2.05, 4.69) is 46.4 Å². The summed E-state index contributed by atoms with van der Waals surface area (Å²) in [7, 11) is 0. The summed E-state index contributed by atoms with van der Waals surface area (Å²) in [5.74, 6) is 1.73. The van der Waals surface area contributed by atoms with Crippen molar-refractivity contribution in [1.29, 1.82) is 0 Å². The van der Waals surface area contributed by atoms with E-state index in [-0.39, 0.29) is 18.6 Å². The molecule has 2 aromatic carbocycles. The number of piperidine rings is 1. The molecule has 1 amide bonds. The molecule has 1 atom stereocenters. The van der Waals surface area contributed by atoms with Gasteiger partial charge in [-0.25, -0.2) is 4.98 Å². The molecular formula is C26H29N3O3. The van der Waals surface area contributed by atoms with E-state index in [1.165, 1.54) is 5.56 Å². The Morgan fingerprint density at radius 3 is 2.38 bits per heavy atom. The van der Waals surface area contributed by atoms with E-state index in [0.717, 1.165) is 25.9 Å². The molecule has 1 aliphatic heterocycles. The predicted octanol–water partition coefficient (Wildman–Crippen LogP) is 4.59. The molecule has 0 saturated carbocycles. The van der Waals surface area contributed by atoms with Crippen LogP contribution in [0.1, 0.15) is 31.4 Å². The number of rotatable bonds is 8. The Hall–Kier alpha value is -3.38. The van der Waals surface area contributed by atoms with Crippen molar-refractivity contribution in [2.75, 3.05) is 19.7 Å². The normalized spacial score (nSPS) is 15.7. The van der Waals surface area contributed by atoms with Crippen LogP contribution in [0.4, 0.5) is 0 Å². The summed E-state index contributed by atoms with van der Waals surface area (Å²) in [4.78, 5) is 19.0. The molecule has 4 rings (SSSR count). The monoisotopic (exact) mass is 431 g/mol. The van der Waals surface area contributed by atoms with E-state index in [4.69, 9.17) is 9.47 Å². The van der Waals surface area contributed by atoms with Crippen LogP contribution in [0.25, 0.3) is 0 Å². The van der Waals surface area contributed by atoms with E-state index >= 15 is 0 Å². The maximum absolute atomic E-state index is 12.3. The molecular weight excluding hydrogens is 402 g/mol. The van der Waals surface area contributed by atoms with E-state index in [1.807, 2.05) is 18.2 Å². The number of hydrogen-bond donors (Lipinski definition) is 1. The number of nitrogens with one attached hydrogen (secondary N) is 1. The van der Waals surface area contributed by atoms with Crippen LogP contribution < -0.4 is 14.8 Å². The highest BCUT2D eigenvalue weighted by atomic mass is 16.5. The smallest absolute Gasteiger partial charge is 0.258 e. The summed E-state index contributed by atoms with van der Waals surface area (Å²) in [5.41, 5.74) is 1.33. The number of nitrogens with zero attached hydrogens (tertiary/aromatic N) is 2. The van der Waals surface area contributed by atoms with Crippen molar-refractivity contribution in [1.82, 2.24) is 15.2 Å². The van der Waals surface area contributed by atoms with Crippen LogP contribution in [0.2, 0.25) is 0 Å². The van der Waals surface area contributed by atoms with Crippen LogP contribution >= 0.6 is 0 Å². The molecule has 0 unspecified atom stereocenters. The first-order valence-electron chi connectivity index (χ1n) is 11.1. The maximum Gasteiger partial charge on any atom is 0.258 e. The molecule has 1 aromatic heterocycles. The molecule has 32 heavy (non-hydrogen) atoms. The third kappa shape index (κ3) is 6.08. The van der Waals surface area contributed by atoms with Crippen molar-refractivity contribution in [3.63, 3.8) is 0 Å². The first-order valence-corrected chi connectivity index (χ1v) is 11.1. The topological polar surface area (TPSA) is 63.7 Å². The van der Waals surface area contributed by atoms with Crippen molar-refractivity contribution in [3.8, 4) is 17.4 Å². The number of hydrogen-bond acceptors (Lipinski definition) is 5. The van der Waals surface area contributed by atoms with Gasteiger partial charge in [-0.1, -0.05) is 36.4 Å². The van der Waals surface area contributed by atoms with Crippen LogP contribution in [-0.2, 0) is 4.79 Å². The second-order valence-electron chi connectivity index (χ2n) is 7.99. The standard InChI is InChI=1S/C26H29N3O3/c1-20(21-7-3-2-4-8-21)29-17-14-22(15-18-29)28-25(30)19-31-23-10-12-24(13-11-23)32-26-9-5-6-16-27-26/h2-13,16,20,22H,14-15,17-19H2,1H3,(H,28,30)/t20-/m0/s1. The van der Waals surface area contributed by atoms with Crippen LogP contribution in [0, 0.1) is 0 Å². The van der Waals surface area contributed by atoms with Crippen molar-refractivity contribution in [2.45, 2.75) is 31.8 Å². The van der Waals surface area contributed by atoms with Gasteiger partial charge in [-0.05, 0) is 55.7 Å². The van der Waals surface area contributed by atoms with Gasteiger partial charge in [0, 0.05) is 37.4 Å². The van der Waals surface area contributed by atoms with Gasteiger partial charge in [-0.15, -0.1) is 0 Å². The molecule has 0 spiro atoms. The molecule has 0 aliphatic carbocycles. The van der Waals surface area contributed by atoms with Crippen molar-refractivity contribution in [3.05, 3.63) is 84.6 Å². The summed E-state index contributed by atoms with van der Waals surface area (Å²) in [6.07, 6.45) is 3.57. The second kappa shape index (κ2) is 10.8. The lowest BCUT2D eigenvalue weighted by Crippen LogP contribution is -2.46. The molecule has 6 nitrogen and oxygen atoms in total. The minimum absolute atomic E-state index is 0.00107. The van der Waals surface area contributed by atoms with Gasteiger partial charge in [-0.3, -0.25) is 9.69 Å². The van der Waals surface area contributed by atoms with E-state index < -0.39 is 0 Å². The lowest BCUT2D eigenvalue weighted by atomic mass is 10.00. The molecule has 0 bridgehead atoms. The minimum atomic E-state index is -0.0895. The molecule has 1 fully saturated rings. The van der Waals surface area contributed by atoms with Gasteiger partial charge in [0.05, 0.1) is 0 Å². The zero-order chi connectivity index (χ0) is 22.2. The van der Waals surface area contributed by atoms with Crippen molar-refractivity contribution in [2.24, 2.45) is 0 Å². The van der Waals surface area contributed by atoms with Crippen molar-refractivity contribution >= 4 is 5.91 Å². The van der Waals surface area contributed by atoms with Crippen LogP contribution in [0.15, 0.2) is 79.0 Å². The second-order valence-corrected chi connectivity index (χ2v) is 7.99. The largest absolute Gasteiger partial charge is 0.484 e. The first kappa shape index (κ1) is 21.8. The Bertz CT molecular complexity index is 972. The highest BCUT2D eigenvalue weighted by molar-refractivity contribution is 5.77. The Labute approximate surface area is 189 Å². The summed E-state index contributed by atoms with van der Waals surface area (Å²) >= 11 is 0. The Kier molecular flexibility index (Phi) is 7.35. The van der Waals surface area contributed by atoms with Gasteiger partial charge in [0.1, 0.15) is 11.5 Å². The molecule has 2 heterocycles. The third-order valence-corrected chi connectivity index (χ3v) is 5.78. The number of carbonyl (C=O) groups excluding carboxylic acids is 1. The number of ether oxygens (including phenoxy) is 2. The van der Waals surface area contributed by atoms with Gasteiger partial charge in [-0.2, -0.15) is 0 Å². The SMILES string of the molecule is C[C@@H](c1ccccc1)N1CCC(NC(=O)COc2ccc(Oc3ccccn3)cc2)CC1. The van der Waals surface area contributed by atoms with Crippen LogP contribution in [-0.4, -0.2) is 41.5 Å². The van der Waals surface area contributed by atoms with E-state index in [0.29, 0.717) is 23.4 Å². The van der Waals surface area contributed by atoms with Crippen LogP contribution in [0.3, 0.4) is 0 Å². The molecule has 1 saturated heterocycles. The number of aromatic nitrogens is 1. The molecule has 0 radical (unpaired) electrons. The van der Waals surface area contributed by atoms with Gasteiger partial charge < -0.3 is 14.8 Å². The fraction of sp³-hybridized carbons (Fsp3) is 0.308. The van der Waals surface area contributed by atoms with E-state index in [9.17, 15) is 4.79 Å². The van der Waals surface area contributed by atoms with E-state index in [1.54, 1.807) is 36.5 Å². The quantitative estimate of drug-likeness (QED) is 0.565. The van der Waals surface area contributed by atoms with Crippen molar-refractivity contribution < 1.29 is 14.3 Å². The first-order chi connectivity index (χ1) is 15.7. The van der Waals surface area contributed by atoms with Gasteiger partial charge in [0.25, 0.3) is 5.91 Å². The van der Waals surface area contributed by atoms with Gasteiger partial charge >= 0.3 is 0 Å². The number of likely N-dealkylation sites (tertiary alicyclic amines) is 1. The zero-order valence-electron chi connectivity index (χ0n) is 18.3. The lowest BCUT2D eigenvalue weighted by molar-refractivity contribution is -0.124. The summed E-state index contributed by atoms with van der Waals surface area (Å²) in [6.45, 7) is 4.19. The lowest BCUT2D eigenvalue weighted by Gasteiger charge is -2.36. The molecule has 166 valence electrons. The Morgan fingerprint density at radius 1 is 1.00 bits per heavy atom. The molecule has 1 aliphatic rings. The summed E-state index contributed by atoms with van der Waals surface area (Å²) in [5, 5.41) is 3.11. The number of carbonyl (C=O) groups is 1. The van der Waals surface area contributed by atoms with Gasteiger partial charge in [0.15, 0.2) is 6.61 Å². The predicted molar refractivity (Wildman–Crippen MR) is 124 cm³/mol. The fourth-order valence-corrected chi connectivity index (χ4v) is 3.92. The Balaban J connectivity index is 1.18. The summed E-state index contributed by atoms with van der Waals surface area (Å²) < 4.78 is 11.3. The zero-order valence-corrected chi connectivity index (χ0v) is 18.3. The number of amides is 1. The van der Waals surface area contributed by atoms with Gasteiger partial charge in [0.2, 0.25) is 5.88 Å². The number of benzene rings is 2. The fourth-order valence-electron chi connectivity index (χ4n) is 3.92. The molecule has 1 N–H and O–H groups in total. The molecule has 3 aromatic rings. The maximum atomic E-state index is 12.3. The van der Waals surface area contributed by atoms with Crippen LogP contribution in [0.5, 0.6) is 17.4 Å². The average Bonchev–Trinajstić information content (AvgIpc) is 2.85. The summed E-state index contributed by atoms with van der Waals surface area (Å²) in [6, 6.07) is 23.8. The Morgan fingerprint density at radius 2 is 1.69 bits per heavy atom. The third-order valence-electron chi connectivity index (χ3n) is 5.78. The highest BCUT2D eigenvalue weighted by Gasteiger charge is 2.24.